The monoisotopic (exact) mass is 597 g/mol. The number of rotatable bonds is 12. The van der Waals surface area contributed by atoms with E-state index in [2.05, 4.69) is 71.0 Å². The summed E-state index contributed by atoms with van der Waals surface area (Å²) in [5, 5.41) is 25.0. The van der Waals surface area contributed by atoms with Gasteiger partial charge in [0.25, 0.3) is 0 Å². The molecule has 2 aromatic heterocycles. The summed E-state index contributed by atoms with van der Waals surface area (Å²) >= 11 is 1.72. The van der Waals surface area contributed by atoms with E-state index in [-0.39, 0.29) is 12.5 Å². The van der Waals surface area contributed by atoms with Gasteiger partial charge in [0.1, 0.15) is 24.1 Å². The summed E-state index contributed by atoms with van der Waals surface area (Å²) in [6.07, 6.45) is -2.21. The summed E-state index contributed by atoms with van der Waals surface area (Å²) < 4.78 is 12.9. The van der Waals surface area contributed by atoms with Crippen LogP contribution >= 0.6 is 11.8 Å². The van der Waals surface area contributed by atoms with E-state index in [1.807, 2.05) is 30.3 Å². The van der Waals surface area contributed by atoms with Crippen LogP contribution in [0, 0.1) is 0 Å². The van der Waals surface area contributed by atoms with Crippen molar-refractivity contribution in [2.75, 3.05) is 25.6 Å². The number of thioether (sulfide) groups is 1. The maximum absolute atomic E-state index is 10.9. The highest BCUT2D eigenvalue weighted by molar-refractivity contribution is 7.97. The van der Waals surface area contributed by atoms with Gasteiger partial charge in [-0.05, 0) is 16.7 Å². The van der Waals surface area contributed by atoms with E-state index < -0.39 is 24.5 Å². The molecule has 0 radical (unpaired) electrons. The van der Waals surface area contributed by atoms with Gasteiger partial charge in [-0.2, -0.15) is 0 Å². The van der Waals surface area contributed by atoms with Gasteiger partial charge in [-0.1, -0.05) is 91.0 Å². The van der Waals surface area contributed by atoms with Crippen LogP contribution in [-0.4, -0.2) is 68.3 Å². The maximum atomic E-state index is 10.9. The van der Waals surface area contributed by atoms with E-state index in [0.29, 0.717) is 35.1 Å². The molecule has 0 spiro atoms. The van der Waals surface area contributed by atoms with Crippen molar-refractivity contribution in [1.29, 1.82) is 0 Å². The maximum Gasteiger partial charge on any atom is 0.168 e. The number of aliphatic hydroxyl groups is 2. The van der Waals surface area contributed by atoms with Gasteiger partial charge in [-0.25, -0.2) is 15.0 Å². The van der Waals surface area contributed by atoms with Crippen LogP contribution in [0.1, 0.15) is 34.7 Å². The highest BCUT2D eigenvalue weighted by Crippen LogP contribution is 2.34. The number of ether oxygens (including phenoxy) is 2. The van der Waals surface area contributed by atoms with E-state index in [1.165, 1.54) is 23.8 Å². The molecule has 9 nitrogen and oxygen atoms in total. The number of methoxy groups -OCH3 is 1. The Morgan fingerprint density at radius 3 is 2.19 bits per heavy atom. The fourth-order valence-corrected chi connectivity index (χ4v) is 6.27. The van der Waals surface area contributed by atoms with Crippen LogP contribution in [0.25, 0.3) is 11.2 Å². The summed E-state index contributed by atoms with van der Waals surface area (Å²) in [6, 6.07) is 31.1. The highest BCUT2D eigenvalue weighted by atomic mass is 32.2. The largest absolute Gasteiger partial charge is 0.387 e. The Morgan fingerprint density at radius 1 is 0.884 bits per heavy atom. The molecule has 222 valence electrons. The lowest BCUT2D eigenvalue weighted by Crippen LogP contribution is -2.33. The lowest BCUT2D eigenvalue weighted by molar-refractivity contribution is -0.0580. The molecule has 0 saturated carbocycles. The third-order valence-corrected chi connectivity index (χ3v) is 8.63. The minimum atomic E-state index is -1.17. The number of aromatic nitrogens is 4. The molecule has 3 heterocycles. The number of hydrogen-bond donors (Lipinski definition) is 3. The van der Waals surface area contributed by atoms with E-state index in [4.69, 9.17) is 19.4 Å². The summed E-state index contributed by atoms with van der Waals surface area (Å²) in [5.74, 6) is 2.72. The van der Waals surface area contributed by atoms with Crippen LogP contribution in [0.5, 0.6) is 0 Å². The molecule has 1 aliphatic rings. The van der Waals surface area contributed by atoms with Gasteiger partial charge in [-0.15, -0.1) is 11.8 Å². The minimum absolute atomic E-state index is 0.0790. The minimum Gasteiger partial charge on any atom is -0.387 e. The first kappa shape index (κ1) is 29.3. The molecular weight excluding hydrogens is 562 g/mol. The Bertz CT molecular complexity index is 1570. The molecule has 4 unspecified atom stereocenters. The van der Waals surface area contributed by atoms with Crippen LogP contribution in [0.15, 0.2) is 97.3 Å². The fraction of sp³-hybridized carbons (Fsp3) is 0.303. The van der Waals surface area contributed by atoms with Gasteiger partial charge in [0.15, 0.2) is 23.2 Å². The quantitative estimate of drug-likeness (QED) is 0.187. The first-order chi connectivity index (χ1) is 21.1. The van der Waals surface area contributed by atoms with E-state index >= 15 is 0 Å². The van der Waals surface area contributed by atoms with E-state index in [9.17, 15) is 10.2 Å². The van der Waals surface area contributed by atoms with Gasteiger partial charge in [-0.3, -0.25) is 4.57 Å². The molecule has 1 fully saturated rings. The molecular formula is C33H35N5O4S. The third-order valence-electron chi connectivity index (χ3n) is 7.63. The van der Waals surface area contributed by atoms with E-state index in [1.54, 1.807) is 22.7 Å². The number of anilines is 1. The first-order valence-corrected chi connectivity index (χ1v) is 15.5. The summed E-state index contributed by atoms with van der Waals surface area (Å²) in [6.45, 7) is 0.742. The van der Waals surface area contributed by atoms with Crippen molar-refractivity contribution in [3.8, 4) is 0 Å². The predicted octanol–water partition coefficient (Wildman–Crippen LogP) is 4.77. The molecule has 3 aromatic carbocycles. The third kappa shape index (κ3) is 6.58. The van der Waals surface area contributed by atoms with Crippen LogP contribution in [0.3, 0.4) is 0 Å². The Hall–Kier alpha value is -3.80. The molecule has 0 amide bonds. The van der Waals surface area contributed by atoms with Crippen molar-refractivity contribution in [1.82, 2.24) is 19.5 Å². The predicted molar refractivity (Wildman–Crippen MR) is 168 cm³/mol. The zero-order valence-corrected chi connectivity index (χ0v) is 24.7. The lowest BCUT2D eigenvalue weighted by atomic mass is 9.91. The average Bonchev–Trinajstić information content (AvgIpc) is 3.59. The Kier molecular flexibility index (Phi) is 9.30. The number of aliphatic hydroxyl groups excluding tert-OH is 2. The normalized spacial score (nSPS) is 20.2. The second-order valence-corrected chi connectivity index (χ2v) is 11.5. The van der Waals surface area contributed by atoms with Crippen molar-refractivity contribution in [2.24, 2.45) is 0 Å². The van der Waals surface area contributed by atoms with Crippen LogP contribution in [0.4, 0.5) is 5.82 Å². The van der Waals surface area contributed by atoms with Crippen molar-refractivity contribution < 1.29 is 19.7 Å². The molecule has 0 bridgehead atoms. The van der Waals surface area contributed by atoms with Crippen molar-refractivity contribution >= 4 is 28.7 Å². The molecule has 1 aliphatic heterocycles. The van der Waals surface area contributed by atoms with Gasteiger partial charge >= 0.3 is 0 Å². The number of hydrogen-bond acceptors (Lipinski definition) is 9. The smallest absolute Gasteiger partial charge is 0.168 e. The number of fused-ring (bicyclic) bond motifs is 1. The topological polar surface area (TPSA) is 115 Å². The number of nitrogens with one attached hydrogen (secondary N) is 1. The number of imidazole rings is 1. The molecule has 4 atom stereocenters. The number of benzene rings is 3. The molecule has 6 rings (SSSR count). The van der Waals surface area contributed by atoms with Crippen LogP contribution in [-0.2, 0) is 21.0 Å². The zero-order chi connectivity index (χ0) is 29.6. The van der Waals surface area contributed by atoms with Crippen molar-refractivity contribution in [2.45, 2.75) is 42.0 Å². The Balaban J connectivity index is 1.32. The van der Waals surface area contributed by atoms with Gasteiger partial charge < -0.3 is 25.0 Å². The second-order valence-electron chi connectivity index (χ2n) is 10.5. The molecule has 1 saturated heterocycles. The van der Waals surface area contributed by atoms with E-state index in [0.717, 1.165) is 5.75 Å². The summed E-state index contributed by atoms with van der Waals surface area (Å²) in [5.41, 5.74) is 4.70. The lowest BCUT2D eigenvalue weighted by Gasteiger charge is -2.20. The van der Waals surface area contributed by atoms with Gasteiger partial charge in [0.05, 0.1) is 18.7 Å². The van der Waals surface area contributed by atoms with Gasteiger partial charge in [0.2, 0.25) is 0 Å². The Labute approximate surface area is 254 Å². The molecule has 0 aliphatic carbocycles. The van der Waals surface area contributed by atoms with Crippen molar-refractivity contribution in [3.63, 3.8) is 0 Å². The Morgan fingerprint density at radius 2 is 1.53 bits per heavy atom. The first-order valence-electron chi connectivity index (χ1n) is 14.3. The van der Waals surface area contributed by atoms with Crippen molar-refractivity contribution in [3.05, 3.63) is 120 Å². The van der Waals surface area contributed by atoms with Gasteiger partial charge in [0, 0.05) is 25.3 Å². The fourth-order valence-electron chi connectivity index (χ4n) is 5.43. The molecule has 3 N–H and O–H groups in total. The SMILES string of the molecule is COCC1OC(n2cnc3c(NCC(c4ccccc4)c4ccccc4)nc(CSCc4ccccc4)nc32)C(O)C1O. The van der Waals surface area contributed by atoms with Crippen LogP contribution in [0.2, 0.25) is 0 Å². The second kappa shape index (κ2) is 13.7. The summed E-state index contributed by atoms with van der Waals surface area (Å²) in [7, 11) is 1.53. The summed E-state index contributed by atoms with van der Waals surface area (Å²) in [4.78, 5) is 14.4. The molecule has 5 aromatic rings. The average molecular weight is 598 g/mol. The molecule has 43 heavy (non-hydrogen) atoms. The zero-order valence-electron chi connectivity index (χ0n) is 23.9. The number of nitrogens with zero attached hydrogens (tertiary/aromatic N) is 4. The standard InChI is InChI=1S/C33H35N5O4S/c1-41-18-26-29(39)30(40)33(42-26)38-21-35-28-31(36-27(37-32(28)38)20-43-19-22-11-5-2-6-12-22)34-17-25(23-13-7-3-8-14-23)24-15-9-4-10-16-24/h2-16,21,25-26,29-30,33,39-40H,17-20H2,1H3,(H,34,36,37). The molecule has 10 heteroatoms. The highest BCUT2D eigenvalue weighted by Gasteiger charge is 2.44. The van der Waals surface area contributed by atoms with Crippen LogP contribution < -0.4 is 5.32 Å².